The Morgan fingerprint density at radius 2 is 1.42 bits per heavy atom. The van der Waals surface area contributed by atoms with Gasteiger partial charge in [-0.05, 0) is 45.8 Å². The van der Waals surface area contributed by atoms with E-state index in [1.807, 2.05) is 12.1 Å². The largest absolute Gasteiger partial charge is 0.465 e. The van der Waals surface area contributed by atoms with Gasteiger partial charge in [0.15, 0.2) is 0 Å². The number of aliphatic hydroxyl groups is 1. The van der Waals surface area contributed by atoms with Crippen LogP contribution in [0.4, 0.5) is 4.79 Å². The van der Waals surface area contributed by atoms with Gasteiger partial charge in [0.05, 0.1) is 25.3 Å². The molecule has 0 bridgehead atoms. The maximum atomic E-state index is 12.7. The first-order valence-electron chi connectivity index (χ1n) is 16.2. The van der Waals surface area contributed by atoms with Gasteiger partial charge in [0, 0.05) is 5.92 Å². The fraction of sp³-hybridized carbons (Fsp3) is 0.486. The molecule has 3 atom stereocenters. The first-order valence-corrected chi connectivity index (χ1v) is 18.1. The molecule has 1 aliphatic heterocycles. The standard InChI is InChI=1S/C37H51NO4Si/c1-5-6-7-8-9-12-17-29-22-24-30(25-23-29)34-26-31(27-39)38(36(40)41)35(34)28-42-43(37(2,3)4,32-18-13-10-14-19-32)33-20-15-11-16-21-33/h10-11,13-16,18-25,31,34-35,39H,5-9,12,17,26-28H2,1-4H3,(H,40,41). The number of unbranched alkanes of at least 4 members (excludes halogenated alkanes) is 5. The van der Waals surface area contributed by atoms with Gasteiger partial charge in [0.25, 0.3) is 8.32 Å². The number of rotatable bonds is 14. The third-order valence-corrected chi connectivity index (χ3v) is 14.3. The molecule has 1 heterocycles. The van der Waals surface area contributed by atoms with Crippen molar-refractivity contribution in [3.8, 4) is 0 Å². The highest BCUT2D eigenvalue weighted by molar-refractivity contribution is 6.99. The molecular weight excluding hydrogens is 550 g/mol. The van der Waals surface area contributed by atoms with E-state index in [1.165, 1.54) is 59.4 Å². The number of carboxylic acid groups (broad SMARTS) is 1. The summed E-state index contributed by atoms with van der Waals surface area (Å²) >= 11 is 0. The van der Waals surface area contributed by atoms with Crippen LogP contribution in [0.25, 0.3) is 0 Å². The summed E-state index contributed by atoms with van der Waals surface area (Å²) in [4.78, 5) is 14.1. The minimum absolute atomic E-state index is 0.0606. The maximum absolute atomic E-state index is 12.7. The molecule has 5 nitrogen and oxygen atoms in total. The van der Waals surface area contributed by atoms with Crippen LogP contribution in [0.1, 0.15) is 89.7 Å². The molecule has 232 valence electrons. The second-order valence-corrected chi connectivity index (χ2v) is 17.5. The Balaban J connectivity index is 1.63. The molecule has 43 heavy (non-hydrogen) atoms. The van der Waals surface area contributed by atoms with E-state index in [-0.39, 0.29) is 24.2 Å². The summed E-state index contributed by atoms with van der Waals surface area (Å²) in [6.45, 7) is 9.02. The molecule has 3 aromatic rings. The lowest BCUT2D eigenvalue weighted by Crippen LogP contribution is -2.67. The number of amides is 1. The van der Waals surface area contributed by atoms with Crippen molar-refractivity contribution in [2.24, 2.45) is 0 Å². The second kappa shape index (κ2) is 15.2. The predicted molar refractivity (Wildman–Crippen MR) is 179 cm³/mol. The van der Waals surface area contributed by atoms with Crippen LogP contribution in [0.3, 0.4) is 0 Å². The lowest BCUT2D eigenvalue weighted by Gasteiger charge is -2.44. The maximum Gasteiger partial charge on any atom is 0.407 e. The molecule has 0 spiro atoms. The third kappa shape index (κ3) is 7.60. The summed E-state index contributed by atoms with van der Waals surface area (Å²) in [6.07, 6.45) is 8.31. The number of carbonyl (C=O) groups is 1. The first kappa shape index (κ1) is 33.0. The van der Waals surface area contributed by atoms with Gasteiger partial charge in [0.2, 0.25) is 0 Å². The van der Waals surface area contributed by atoms with Crippen molar-refractivity contribution in [2.45, 2.75) is 102 Å². The number of hydrogen-bond donors (Lipinski definition) is 2. The van der Waals surface area contributed by atoms with Crippen molar-refractivity contribution in [3.63, 3.8) is 0 Å². The zero-order valence-corrected chi connectivity index (χ0v) is 27.5. The van der Waals surface area contributed by atoms with Crippen molar-refractivity contribution in [2.75, 3.05) is 13.2 Å². The van der Waals surface area contributed by atoms with Crippen molar-refractivity contribution in [1.82, 2.24) is 4.90 Å². The van der Waals surface area contributed by atoms with Gasteiger partial charge >= 0.3 is 6.09 Å². The smallest absolute Gasteiger partial charge is 0.407 e. The van der Waals surface area contributed by atoms with Crippen LogP contribution in [-0.2, 0) is 10.8 Å². The van der Waals surface area contributed by atoms with E-state index in [0.717, 1.165) is 12.0 Å². The highest BCUT2D eigenvalue weighted by Gasteiger charge is 2.52. The molecule has 1 aliphatic rings. The zero-order valence-electron chi connectivity index (χ0n) is 26.5. The van der Waals surface area contributed by atoms with Crippen molar-refractivity contribution >= 4 is 24.8 Å². The zero-order chi connectivity index (χ0) is 30.9. The Morgan fingerprint density at radius 1 is 0.860 bits per heavy atom. The van der Waals surface area contributed by atoms with Crippen molar-refractivity contribution in [1.29, 1.82) is 0 Å². The van der Waals surface area contributed by atoms with Crippen LogP contribution in [0, 0.1) is 0 Å². The lowest BCUT2D eigenvalue weighted by atomic mass is 9.90. The van der Waals surface area contributed by atoms with E-state index in [4.69, 9.17) is 4.43 Å². The van der Waals surface area contributed by atoms with E-state index in [1.54, 1.807) is 0 Å². The highest BCUT2D eigenvalue weighted by atomic mass is 28.4. The molecule has 0 aromatic heterocycles. The molecule has 1 saturated heterocycles. The average Bonchev–Trinajstić information content (AvgIpc) is 3.39. The van der Waals surface area contributed by atoms with Crippen molar-refractivity contribution in [3.05, 3.63) is 96.1 Å². The van der Waals surface area contributed by atoms with E-state index < -0.39 is 26.5 Å². The summed E-state index contributed by atoms with van der Waals surface area (Å²) in [5, 5.41) is 22.7. The quantitative estimate of drug-likeness (QED) is 0.150. The van der Waals surface area contributed by atoms with Gasteiger partial charge < -0.3 is 14.6 Å². The molecule has 3 unspecified atom stereocenters. The first-order chi connectivity index (χ1) is 20.7. The van der Waals surface area contributed by atoms with Crippen LogP contribution in [0.5, 0.6) is 0 Å². The molecule has 4 rings (SSSR count). The Hall–Kier alpha value is -2.93. The Bertz CT molecular complexity index is 1220. The van der Waals surface area contributed by atoms with Gasteiger partial charge in [-0.15, -0.1) is 0 Å². The molecule has 0 radical (unpaired) electrons. The van der Waals surface area contributed by atoms with Crippen molar-refractivity contribution < 1.29 is 19.4 Å². The topological polar surface area (TPSA) is 70.0 Å². The summed E-state index contributed by atoms with van der Waals surface area (Å²) in [7, 11) is -2.86. The number of aliphatic hydroxyl groups excluding tert-OH is 1. The highest BCUT2D eigenvalue weighted by Crippen LogP contribution is 2.41. The lowest BCUT2D eigenvalue weighted by molar-refractivity contribution is 0.0823. The number of likely N-dealkylation sites (tertiary alicyclic amines) is 1. The number of hydrogen-bond acceptors (Lipinski definition) is 3. The number of nitrogens with zero attached hydrogens (tertiary/aromatic N) is 1. The molecule has 0 aliphatic carbocycles. The summed E-state index contributed by atoms with van der Waals surface area (Å²) in [5.74, 6) is -0.0606. The van der Waals surface area contributed by atoms with Gasteiger partial charge in [-0.2, -0.15) is 0 Å². The fourth-order valence-electron chi connectivity index (χ4n) is 7.06. The molecule has 2 N–H and O–H groups in total. The Morgan fingerprint density at radius 3 is 1.93 bits per heavy atom. The molecule has 3 aromatic carbocycles. The van der Waals surface area contributed by atoms with Crippen LogP contribution in [0.15, 0.2) is 84.9 Å². The van der Waals surface area contributed by atoms with Gasteiger partial charge in [0.1, 0.15) is 0 Å². The SMILES string of the molecule is CCCCCCCCc1ccc(C2CC(CO)N(C(=O)O)C2CO[Si](c2ccccc2)(c2ccccc2)C(C)(C)C)cc1. The van der Waals surface area contributed by atoms with Crippen LogP contribution >= 0.6 is 0 Å². The Kier molecular flexibility index (Phi) is 11.6. The molecule has 6 heteroatoms. The molecule has 1 amide bonds. The minimum Gasteiger partial charge on any atom is -0.465 e. The number of aryl methyl sites for hydroxylation is 1. The normalized spacial score (nSPS) is 19.1. The molecular formula is C37H51NO4Si. The van der Waals surface area contributed by atoms with E-state index in [0.29, 0.717) is 6.42 Å². The van der Waals surface area contributed by atoms with Crippen LogP contribution < -0.4 is 10.4 Å². The van der Waals surface area contributed by atoms with E-state index in [2.05, 4.69) is 100 Å². The van der Waals surface area contributed by atoms with E-state index >= 15 is 0 Å². The molecule has 0 saturated carbocycles. The van der Waals surface area contributed by atoms with Gasteiger partial charge in [-0.3, -0.25) is 4.90 Å². The third-order valence-electron chi connectivity index (χ3n) is 9.29. The average molecular weight is 602 g/mol. The summed E-state index contributed by atoms with van der Waals surface area (Å²) in [6, 6.07) is 28.8. The van der Waals surface area contributed by atoms with Crippen LogP contribution in [-0.4, -0.2) is 54.8 Å². The molecule has 1 fully saturated rings. The second-order valence-electron chi connectivity index (χ2n) is 13.2. The van der Waals surface area contributed by atoms with Gasteiger partial charge in [-0.25, -0.2) is 4.79 Å². The van der Waals surface area contributed by atoms with Crippen LogP contribution in [0.2, 0.25) is 5.04 Å². The summed E-state index contributed by atoms with van der Waals surface area (Å²) in [5.41, 5.74) is 2.44. The van der Waals surface area contributed by atoms with Gasteiger partial charge in [-0.1, -0.05) is 145 Å². The monoisotopic (exact) mass is 601 g/mol. The minimum atomic E-state index is -2.86. The fourth-order valence-corrected chi connectivity index (χ4v) is 11.6. The van der Waals surface area contributed by atoms with E-state index in [9.17, 15) is 15.0 Å². The number of benzene rings is 3. The summed E-state index contributed by atoms with van der Waals surface area (Å²) < 4.78 is 7.24. The Labute approximate surface area is 260 Å². The predicted octanol–water partition coefficient (Wildman–Crippen LogP) is 7.36.